The minimum atomic E-state index is -0.477. The van der Waals surface area contributed by atoms with Gasteiger partial charge < -0.3 is 9.64 Å². The van der Waals surface area contributed by atoms with E-state index in [0.717, 1.165) is 35.7 Å². The molecule has 0 aliphatic heterocycles. The number of unbranched alkanes of at least 4 members (excludes halogenated alkanes) is 3. The number of hydrogen-bond donors (Lipinski definition) is 0. The Bertz CT molecular complexity index is 1480. The highest BCUT2D eigenvalue weighted by Crippen LogP contribution is 2.30. The zero-order valence-corrected chi connectivity index (χ0v) is 24.0. The maximum atomic E-state index is 14.0. The second kappa shape index (κ2) is 12.4. The minimum Gasteiger partial charge on any atom is -0.495 e. The van der Waals surface area contributed by atoms with Gasteiger partial charge in [0.2, 0.25) is 0 Å². The molecule has 0 saturated heterocycles. The highest BCUT2D eigenvalue weighted by Gasteiger charge is 2.28. The lowest BCUT2D eigenvalue weighted by molar-refractivity contribution is 0.0677. The summed E-state index contributed by atoms with van der Waals surface area (Å²) in [6, 6.07) is 20.0. The summed E-state index contributed by atoms with van der Waals surface area (Å²) >= 11 is 3.46. The number of amides is 1. The molecule has 1 aromatic heterocycles. The van der Waals surface area contributed by atoms with Crippen LogP contribution in [0.1, 0.15) is 67.3 Å². The molecule has 0 radical (unpaired) electrons. The average Bonchev–Trinajstić information content (AvgIpc) is 2.93. The van der Waals surface area contributed by atoms with Gasteiger partial charge >= 0.3 is 0 Å². The number of rotatable bonds is 10. The van der Waals surface area contributed by atoms with Crippen molar-refractivity contribution in [2.24, 2.45) is 0 Å². The van der Waals surface area contributed by atoms with Crippen molar-refractivity contribution >= 4 is 32.7 Å². The van der Waals surface area contributed by atoms with Crippen molar-refractivity contribution in [1.82, 2.24) is 14.5 Å². The Balaban J connectivity index is 1.90. The molecule has 1 amide bonds. The summed E-state index contributed by atoms with van der Waals surface area (Å²) < 4.78 is 8.19. The number of benzene rings is 3. The van der Waals surface area contributed by atoms with E-state index in [2.05, 4.69) is 22.9 Å². The lowest BCUT2D eigenvalue weighted by Gasteiger charge is -2.31. The van der Waals surface area contributed by atoms with E-state index < -0.39 is 6.04 Å². The molecule has 4 aromatic rings. The smallest absolute Gasteiger partial charge is 0.266 e. The van der Waals surface area contributed by atoms with Gasteiger partial charge in [0.25, 0.3) is 11.5 Å². The van der Waals surface area contributed by atoms with Gasteiger partial charge in [-0.3, -0.25) is 14.2 Å². The van der Waals surface area contributed by atoms with Gasteiger partial charge in [-0.25, -0.2) is 4.98 Å². The summed E-state index contributed by atoms with van der Waals surface area (Å²) in [7, 11) is 1.59. The van der Waals surface area contributed by atoms with Crippen molar-refractivity contribution in [3.63, 3.8) is 0 Å². The first-order valence-corrected chi connectivity index (χ1v) is 13.9. The van der Waals surface area contributed by atoms with Crippen LogP contribution in [-0.2, 0) is 0 Å². The molecule has 0 aliphatic carbocycles. The van der Waals surface area contributed by atoms with Gasteiger partial charge in [0.15, 0.2) is 0 Å². The van der Waals surface area contributed by atoms with Crippen LogP contribution in [0.5, 0.6) is 5.75 Å². The lowest BCUT2D eigenvalue weighted by Crippen LogP contribution is -2.38. The average molecular weight is 577 g/mol. The molecule has 0 bridgehead atoms. The fourth-order valence-electron chi connectivity index (χ4n) is 4.72. The van der Waals surface area contributed by atoms with Crippen LogP contribution in [0, 0.1) is 6.92 Å². The molecule has 0 fully saturated rings. The number of fused-ring (bicyclic) bond motifs is 1. The second-order valence-electron chi connectivity index (χ2n) is 9.55. The molecule has 0 N–H and O–H groups in total. The third-order valence-corrected chi connectivity index (χ3v) is 7.35. The van der Waals surface area contributed by atoms with Crippen LogP contribution >= 0.6 is 15.9 Å². The Kier molecular flexibility index (Phi) is 9.00. The molecule has 0 aliphatic rings. The Morgan fingerprint density at radius 3 is 2.50 bits per heavy atom. The van der Waals surface area contributed by atoms with Crippen molar-refractivity contribution in [2.75, 3.05) is 13.7 Å². The number of hydrogen-bond acceptors (Lipinski definition) is 4. The summed E-state index contributed by atoms with van der Waals surface area (Å²) in [4.78, 5) is 34.7. The summed E-state index contributed by atoms with van der Waals surface area (Å²) in [5.41, 5.74) is 2.60. The van der Waals surface area contributed by atoms with Crippen LogP contribution < -0.4 is 10.3 Å². The molecular weight excluding hydrogens is 542 g/mol. The van der Waals surface area contributed by atoms with Crippen molar-refractivity contribution in [3.8, 4) is 11.4 Å². The van der Waals surface area contributed by atoms with Crippen molar-refractivity contribution in [2.45, 2.75) is 52.5 Å². The molecule has 1 heterocycles. The van der Waals surface area contributed by atoms with E-state index >= 15 is 0 Å². The normalized spacial score (nSPS) is 11.9. The lowest BCUT2D eigenvalue weighted by atomic mass is 10.1. The predicted octanol–water partition coefficient (Wildman–Crippen LogP) is 7.25. The molecular formula is C31H34BrN3O3. The zero-order valence-electron chi connectivity index (χ0n) is 22.4. The summed E-state index contributed by atoms with van der Waals surface area (Å²) in [6.45, 7) is 6.65. The predicted molar refractivity (Wildman–Crippen MR) is 156 cm³/mol. The van der Waals surface area contributed by atoms with E-state index in [0.29, 0.717) is 40.3 Å². The number of halogens is 1. The number of ether oxygens (including phenoxy) is 1. The number of aromatic nitrogens is 2. The standard InChI is InChI=1S/C31H34BrN3O3/c1-5-6-7-10-19-34(30(36)23-14-16-24(32)17-15-23)22(3)29-33-26-12-9-8-11-25(26)31(37)35(29)27-20-21(2)13-18-28(27)38-4/h8-9,11-18,20,22H,5-7,10,19H2,1-4H3. The molecule has 6 nitrogen and oxygen atoms in total. The van der Waals surface area contributed by atoms with Crippen molar-refractivity contribution in [1.29, 1.82) is 0 Å². The van der Waals surface area contributed by atoms with Gasteiger partial charge in [-0.15, -0.1) is 0 Å². The molecule has 1 unspecified atom stereocenters. The zero-order chi connectivity index (χ0) is 27.2. The highest BCUT2D eigenvalue weighted by molar-refractivity contribution is 9.10. The maximum absolute atomic E-state index is 14.0. The maximum Gasteiger partial charge on any atom is 0.266 e. The molecule has 198 valence electrons. The van der Waals surface area contributed by atoms with Crippen molar-refractivity contribution in [3.05, 3.63) is 98.5 Å². The van der Waals surface area contributed by atoms with E-state index in [1.807, 2.05) is 79.4 Å². The van der Waals surface area contributed by atoms with Gasteiger partial charge in [-0.1, -0.05) is 60.3 Å². The number of methoxy groups -OCH3 is 1. The minimum absolute atomic E-state index is 0.0911. The SMILES string of the molecule is CCCCCCN(C(=O)c1ccc(Br)cc1)C(C)c1nc2ccccc2c(=O)n1-c1cc(C)ccc1OC. The number of aryl methyl sites for hydroxylation is 1. The van der Waals surface area contributed by atoms with Gasteiger partial charge in [0, 0.05) is 16.6 Å². The molecule has 0 spiro atoms. The van der Waals surface area contributed by atoms with E-state index in [1.165, 1.54) is 0 Å². The third-order valence-electron chi connectivity index (χ3n) is 6.82. The topological polar surface area (TPSA) is 64.4 Å². The van der Waals surface area contributed by atoms with Crippen molar-refractivity contribution < 1.29 is 9.53 Å². The van der Waals surface area contributed by atoms with Crippen LogP contribution in [0.3, 0.4) is 0 Å². The second-order valence-corrected chi connectivity index (χ2v) is 10.5. The quantitative estimate of drug-likeness (QED) is 0.187. The molecule has 3 aromatic carbocycles. The van der Waals surface area contributed by atoms with E-state index in [1.54, 1.807) is 17.7 Å². The third kappa shape index (κ3) is 5.83. The van der Waals surface area contributed by atoms with Gasteiger partial charge in [-0.05, 0) is 74.4 Å². The fraction of sp³-hybridized carbons (Fsp3) is 0.323. The van der Waals surface area contributed by atoms with Crippen LogP contribution in [0.15, 0.2) is 76.0 Å². The Morgan fingerprint density at radius 2 is 1.79 bits per heavy atom. The van der Waals surface area contributed by atoms with Gasteiger partial charge in [0.1, 0.15) is 11.6 Å². The summed E-state index contributed by atoms with van der Waals surface area (Å²) in [5, 5.41) is 0.515. The van der Waals surface area contributed by atoms with Crippen LogP contribution in [-0.4, -0.2) is 34.0 Å². The number of para-hydroxylation sites is 1. The Labute approximate surface area is 232 Å². The molecule has 38 heavy (non-hydrogen) atoms. The largest absolute Gasteiger partial charge is 0.495 e. The van der Waals surface area contributed by atoms with E-state index in [4.69, 9.17) is 9.72 Å². The monoisotopic (exact) mass is 575 g/mol. The first kappa shape index (κ1) is 27.6. The Hall–Kier alpha value is -3.45. The van der Waals surface area contributed by atoms with E-state index in [9.17, 15) is 9.59 Å². The fourth-order valence-corrected chi connectivity index (χ4v) is 4.98. The highest BCUT2D eigenvalue weighted by atomic mass is 79.9. The first-order chi connectivity index (χ1) is 18.3. The van der Waals surface area contributed by atoms with Crippen LogP contribution in [0.4, 0.5) is 0 Å². The van der Waals surface area contributed by atoms with E-state index in [-0.39, 0.29) is 11.5 Å². The molecule has 0 saturated carbocycles. The number of carbonyl (C=O) groups is 1. The first-order valence-electron chi connectivity index (χ1n) is 13.1. The summed E-state index contributed by atoms with van der Waals surface area (Å²) in [6.07, 6.45) is 4.10. The van der Waals surface area contributed by atoms with Crippen LogP contribution in [0.2, 0.25) is 0 Å². The summed E-state index contributed by atoms with van der Waals surface area (Å²) in [5.74, 6) is 0.974. The number of carbonyl (C=O) groups excluding carboxylic acids is 1. The van der Waals surface area contributed by atoms with Crippen LogP contribution in [0.25, 0.3) is 16.6 Å². The Morgan fingerprint density at radius 1 is 1.05 bits per heavy atom. The molecule has 1 atom stereocenters. The molecule has 4 rings (SSSR count). The molecule has 7 heteroatoms. The van der Waals surface area contributed by atoms with Gasteiger partial charge in [-0.2, -0.15) is 0 Å². The number of nitrogens with zero attached hydrogens (tertiary/aromatic N) is 3. The van der Waals surface area contributed by atoms with Gasteiger partial charge in [0.05, 0.1) is 29.7 Å².